The van der Waals surface area contributed by atoms with Crippen LogP contribution in [0.4, 0.5) is 0 Å². The third-order valence-electron chi connectivity index (χ3n) is 3.82. The largest absolute Gasteiger partial charge is 0.114 e. The summed E-state index contributed by atoms with van der Waals surface area (Å²) in [5.41, 5.74) is 0. The fraction of sp³-hybridized carbons (Fsp3) is 1.00. The second kappa shape index (κ2) is 5.12. The zero-order valence-corrected chi connectivity index (χ0v) is 10.3. The molecule has 0 aromatic rings. The highest BCUT2D eigenvalue weighted by Gasteiger charge is 2.30. The molecule has 0 bridgehead atoms. The summed E-state index contributed by atoms with van der Waals surface area (Å²) in [7, 11) is 4.73. The van der Waals surface area contributed by atoms with Crippen LogP contribution in [0.5, 0.6) is 0 Å². The molecule has 2 heteroatoms. The van der Waals surface area contributed by atoms with Gasteiger partial charge in [-0.2, -0.15) is 0 Å². The van der Waals surface area contributed by atoms with Crippen molar-refractivity contribution >= 4 is 14.6 Å². The normalized spacial score (nSPS) is 20.2. The summed E-state index contributed by atoms with van der Waals surface area (Å²) in [5, 5.41) is 0.828. The van der Waals surface area contributed by atoms with Crippen molar-refractivity contribution in [3.8, 4) is 0 Å². The van der Waals surface area contributed by atoms with Gasteiger partial charge in [-0.15, -0.1) is 0 Å². The van der Waals surface area contributed by atoms with Gasteiger partial charge in [-0.05, 0) is 0 Å². The van der Waals surface area contributed by atoms with Gasteiger partial charge < -0.3 is 0 Å². The van der Waals surface area contributed by atoms with Crippen LogP contribution in [-0.4, -0.2) is 14.6 Å². The van der Waals surface area contributed by atoms with Crippen LogP contribution in [-0.2, 0) is 0 Å². The van der Waals surface area contributed by atoms with E-state index >= 15 is 0 Å². The van der Waals surface area contributed by atoms with Gasteiger partial charge in [-0.25, -0.2) is 0 Å². The molecule has 0 fully saturated rings. The Morgan fingerprint density at radius 3 is 1.31 bits per heavy atom. The molecule has 0 saturated heterocycles. The summed E-state index contributed by atoms with van der Waals surface area (Å²) in [4.78, 5) is 0. The van der Waals surface area contributed by atoms with Gasteiger partial charge in [0.05, 0.1) is 0 Å². The van der Waals surface area contributed by atoms with E-state index in [1.807, 2.05) is 0 Å². The lowest BCUT2D eigenvalue weighted by Crippen LogP contribution is -2.24. The first-order valence-corrected chi connectivity index (χ1v) is 5.56. The molecule has 0 aromatic heterocycles. The molecule has 0 nitrogen and oxygen atoms in total. The minimum atomic E-state index is 0.414. The Morgan fingerprint density at radius 2 is 1.15 bits per heavy atom. The highest BCUT2D eigenvalue weighted by molar-refractivity contribution is 6.40. The van der Waals surface area contributed by atoms with E-state index in [4.69, 9.17) is 0 Å². The minimum absolute atomic E-state index is 0.414. The van der Waals surface area contributed by atoms with E-state index in [0.29, 0.717) is 10.6 Å². The second-order valence-electron chi connectivity index (χ2n) is 4.77. The highest BCUT2D eigenvalue weighted by atomic mass is 14.3. The molecule has 2 atom stereocenters. The van der Waals surface area contributed by atoms with E-state index in [2.05, 4.69) is 55.9 Å². The summed E-state index contributed by atoms with van der Waals surface area (Å²) in [6, 6.07) is 0. The maximum absolute atomic E-state index is 2.37. The minimum Gasteiger partial charge on any atom is -0.0914 e. The van der Waals surface area contributed by atoms with E-state index in [1.54, 1.807) is 0 Å². The molecule has 0 aliphatic heterocycles. The first-order valence-electron chi connectivity index (χ1n) is 5.56. The van der Waals surface area contributed by atoms with Crippen molar-refractivity contribution in [1.29, 1.82) is 0 Å². The lowest BCUT2D eigenvalue weighted by Gasteiger charge is -2.37. The van der Waals surface area contributed by atoms with Crippen LogP contribution in [0.1, 0.15) is 47.0 Å². The Hall–Kier alpha value is 0.130. The summed E-state index contributed by atoms with van der Waals surface area (Å²) < 4.78 is 0. The average molecular weight is 178 g/mol. The van der Waals surface area contributed by atoms with E-state index < -0.39 is 0 Å². The zero-order valence-electron chi connectivity index (χ0n) is 10.3. The van der Waals surface area contributed by atoms with Crippen molar-refractivity contribution in [2.75, 3.05) is 0 Å². The van der Waals surface area contributed by atoms with Gasteiger partial charge in [0.15, 0.2) is 0 Å². The number of hydrogen-bond acceptors (Lipinski definition) is 0. The van der Waals surface area contributed by atoms with Gasteiger partial charge in [-0.3, -0.25) is 0 Å². The number of rotatable bonds is 6. The summed E-state index contributed by atoms with van der Waals surface area (Å²) in [6.45, 7) is 13.7. The Morgan fingerprint density at radius 1 is 0.846 bits per heavy atom. The molecule has 0 aromatic carbocycles. The van der Waals surface area contributed by atoms with Gasteiger partial charge >= 0.3 is 0 Å². The van der Waals surface area contributed by atoms with Gasteiger partial charge in [0.25, 0.3) is 0 Å². The first-order chi connectivity index (χ1) is 5.95. The fourth-order valence-electron chi connectivity index (χ4n) is 1.78. The van der Waals surface area contributed by atoms with E-state index in [1.165, 1.54) is 19.3 Å². The topological polar surface area (TPSA) is 0 Å². The molecular weight excluding hydrogens is 154 g/mol. The fourth-order valence-corrected chi connectivity index (χ4v) is 1.78. The van der Waals surface area contributed by atoms with Crippen LogP contribution in [0, 0.1) is 0 Å². The lowest BCUT2D eigenvalue weighted by atomic mass is 9.42. The molecule has 74 valence electrons. The molecular formula is C11H24B2. The first kappa shape index (κ1) is 13.1. The third kappa shape index (κ3) is 3.79. The summed E-state index contributed by atoms with van der Waals surface area (Å²) in [6.07, 6.45) is 3.76. The Kier molecular flexibility index (Phi) is 5.17. The van der Waals surface area contributed by atoms with E-state index in [0.717, 1.165) is 0 Å². The Bertz CT molecular complexity index is 119. The molecule has 0 heterocycles. The van der Waals surface area contributed by atoms with Crippen molar-refractivity contribution in [2.24, 2.45) is 0 Å². The maximum Gasteiger partial charge on any atom is 0.114 e. The van der Waals surface area contributed by atoms with Crippen LogP contribution in [0.2, 0.25) is 24.3 Å². The monoisotopic (exact) mass is 178 g/mol. The summed E-state index contributed by atoms with van der Waals surface area (Å²) >= 11 is 0. The van der Waals surface area contributed by atoms with Crippen molar-refractivity contribution in [3.63, 3.8) is 0 Å². The SMILES string of the molecule is C[B]C(C)(CC)CC(C)([B]C)CC. The van der Waals surface area contributed by atoms with Crippen LogP contribution >= 0.6 is 0 Å². The van der Waals surface area contributed by atoms with Gasteiger partial charge in [0.1, 0.15) is 14.6 Å². The number of hydrogen-bond donors (Lipinski definition) is 0. The smallest absolute Gasteiger partial charge is 0.0914 e. The van der Waals surface area contributed by atoms with Gasteiger partial charge in [-0.1, -0.05) is 71.2 Å². The molecule has 2 unspecified atom stereocenters. The van der Waals surface area contributed by atoms with Gasteiger partial charge in [0.2, 0.25) is 0 Å². The van der Waals surface area contributed by atoms with Gasteiger partial charge in [0, 0.05) is 0 Å². The Balaban J connectivity index is 4.36. The Labute approximate surface area is 86.4 Å². The van der Waals surface area contributed by atoms with Crippen LogP contribution in [0.3, 0.4) is 0 Å². The average Bonchev–Trinajstić information content (AvgIpc) is 2.17. The molecule has 0 N–H and O–H groups in total. The highest BCUT2D eigenvalue weighted by Crippen LogP contribution is 2.47. The van der Waals surface area contributed by atoms with Crippen molar-refractivity contribution in [1.82, 2.24) is 0 Å². The van der Waals surface area contributed by atoms with Crippen molar-refractivity contribution in [2.45, 2.75) is 71.2 Å². The maximum atomic E-state index is 2.37. The molecule has 0 aliphatic rings. The van der Waals surface area contributed by atoms with Crippen LogP contribution in [0.25, 0.3) is 0 Å². The molecule has 13 heavy (non-hydrogen) atoms. The van der Waals surface area contributed by atoms with E-state index in [9.17, 15) is 0 Å². The van der Waals surface area contributed by atoms with Crippen LogP contribution in [0.15, 0.2) is 0 Å². The van der Waals surface area contributed by atoms with E-state index in [-0.39, 0.29) is 0 Å². The second-order valence-corrected chi connectivity index (χ2v) is 4.77. The molecule has 0 amide bonds. The molecule has 0 rings (SSSR count). The molecule has 0 spiro atoms. The molecule has 0 saturated carbocycles. The zero-order chi connectivity index (χ0) is 10.5. The molecule has 2 radical (unpaired) electrons. The predicted molar refractivity (Wildman–Crippen MR) is 65.2 cm³/mol. The quantitative estimate of drug-likeness (QED) is 0.538. The van der Waals surface area contributed by atoms with Crippen LogP contribution < -0.4 is 0 Å². The lowest BCUT2D eigenvalue weighted by molar-refractivity contribution is 0.423. The predicted octanol–water partition coefficient (Wildman–Crippen LogP) is 4.06. The third-order valence-corrected chi connectivity index (χ3v) is 3.82. The standard InChI is InChI=1S/C11H24B2/c1-7-10(3,12-5)9-11(4,8-2)13-6/h7-9H2,1-6H3. The van der Waals surface area contributed by atoms with Crippen molar-refractivity contribution < 1.29 is 0 Å². The van der Waals surface area contributed by atoms with Crippen molar-refractivity contribution in [3.05, 3.63) is 0 Å². The summed E-state index contributed by atoms with van der Waals surface area (Å²) in [5.74, 6) is 0. The molecule has 0 aliphatic carbocycles.